The van der Waals surface area contributed by atoms with E-state index in [-0.39, 0.29) is 30.3 Å². The summed E-state index contributed by atoms with van der Waals surface area (Å²) in [5.74, 6) is -0.0675. The van der Waals surface area contributed by atoms with Gasteiger partial charge in [-0.2, -0.15) is 0 Å². The summed E-state index contributed by atoms with van der Waals surface area (Å²) < 4.78 is 20.9. The lowest BCUT2D eigenvalue weighted by atomic mass is 10.2. The largest absolute Gasteiger partial charge is 0.466 e. The molecule has 17 heavy (non-hydrogen) atoms. The summed E-state index contributed by atoms with van der Waals surface area (Å²) in [5.41, 5.74) is 0. The smallest absolute Gasteiger partial charge is 0.306 e. The van der Waals surface area contributed by atoms with Crippen LogP contribution in [0.3, 0.4) is 0 Å². The van der Waals surface area contributed by atoms with Crippen molar-refractivity contribution in [2.24, 2.45) is 0 Å². The molecule has 5 nitrogen and oxygen atoms in total. The van der Waals surface area contributed by atoms with Crippen LogP contribution in [0.2, 0.25) is 0 Å². The van der Waals surface area contributed by atoms with Gasteiger partial charge in [0.15, 0.2) is 0 Å². The van der Waals surface area contributed by atoms with Gasteiger partial charge in [-0.15, -0.1) is 0 Å². The molecular weight excluding hydrogens is 244 g/mol. The molecule has 0 spiro atoms. The highest BCUT2D eigenvalue weighted by atomic mass is 32.2. The lowest BCUT2D eigenvalue weighted by Crippen LogP contribution is -2.15. The third kappa shape index (κ3) is 10.1. The van der Waals surface area contributed by atoms with Crippen molar-refractivity contribution in [3.05, 3.63) is 0 Å². The van der Waals surface area contributed by atoms with Crippen molar-refractivity contribution in [2.45, 2.75) is 26.2 Å². The fourth-order valence-electron chi connectivity index (χ4n) is 1.16. The molecule has 0 saturated carbocycles. The number of hydrogen-bond acceptors (Lipinski definition) is 5. The number of carbonyl (C=O) groups excluding carboxylic acids is 2. The lowest BCUT2D eigenvalue weighted by molar-refractivity contribution is -0.144. The van der Waals surface area contributed by atoms with E-state index in [4.69, 9.17) is 9.47 Å². The Morgan fingerprint density at radius 3 is 2.53 bits per heavy atom. The van der Waals surface area contributed by atoms with E-state index >= 15 is 0 Å². The van der Waals surface area contributed by atoms with Crippen LogP contribution in [-0.4, -0.2) is 47.8 Å². The van der Waals surface area contributed by atoms with Crippen molar-refractivity contribution in [3.8, 4) is 0 Å². The van der Waals surface area contributed by atoms with Crippen LogP contribution in [0.15, 0.2) is 0 Å². The Bertz CT molecular complexity index is 265. The molecule has 0 aliphatic carbocycles. The van der Waals surface area contributed by atoms with Gasteiger partial charge in [0.1, 0.15) is 5.78 Å². The minimum Gasteiger partial charge on any atom is -0.466 e. The molecule has 0 aromatic heterocycles. The molecule has 0 rings (SSSR count). The summed E-state index contributed by atoms with van der Waals surface area (Å²) in [6.07, 6.45) is 0.852. The van der Waals surface area contributed by atoms with Crippen LogP contribution in [0.25, 0.3) is 0 Å². The molecule has 0 aliphatic heterocycles. The molecule has 0 radical (unpaired) electrons. The molecule has 1 atom stereocenters. The predicted molar refractivity (Wildman–Crippen MR) is 65.2 cm³/mol. The molecule has 0 aromatic carbocycles. The van der Waals surface area contributed by atoms with Crippen LogP contribution < -0.4 is 0 Å². The highest BCUT2D eigenvalue weighted by Gasteiger charge is 2.10. The van der Waals surface area contributed by atoms with Crippen molar-refractivity contribution >= 4 is 22.6 Å². The van der Waals surface area contributed by atoms with Crippen LogP contribution >= 0.6 is 0 Å². The zero-order chi connectivity index (χ0) is 13.1. The van der Waals surface area contributed by atoms with E-state index in [1.807, 2.05) is 0 Å². The van der Waals surface area contributed by atoms with Crippen molar-refractivity contribution in [3.63, 3.8) is 0 Å². The second kappa shape index (κ2) is 10.4. The minimum atomic E-state index is -1.15. The number of hydrogen-bond donors (Lipinski definition) is 0. The Hall–Kier alpha value is -0.750. The van der Waals surface area contributed by atoms with E-state index in [0.717, 1.165) is 0 Å². The maximum atomic E-state index is 11.4. The van der Waals surface area contributed by atoms with E-state index < -0.39 is 10.8 Å². The first-order valence-electron chi connectivity index (χ1n) is 5.61. The predicted octanol–water partition coefficient (Wildman–Crippen LogP) is 0.684. The van der Waals surface area contributed by atoms with Crippen LogP contribution in [0.1, 0.15) is 26.2 Å². The molecular formula is C11H20O5S. The fourth-order valence-corrected chi connectivity index (χ4v) is 2.25. The zero-order valence-corrected chi connectivity index (χ0v) is 11.2. The third-order valence-corrected chi connectivity index (χ3v) is 3.34. The van der Waals surface area contributed by atoms with E-state index in [1.165, 1.54) is 0 Å². The highest BCUT2D eigenvalue weighted by Crippen LogP contribution is 1.98. The number of esters is 1. The van der Waals surface area contributed by atoms with Crippen LogP contribution in [0.5, 0.6) is 0 Å². The van der Waals surface area contributed by atoms with Crippen molar-refractivity contribution in [2.75, 3.05) is 31.8 Å². The Labute approximate surface area is 104 Å². The SMILES string of the molecule is CCOC(=O)CCC(=O)CS(=O)CCCOC. The highest BCUT2D eigenvalue weighted by molar-refractivity contribution is 7.85. The topological polar surface area (TPSA) is 69.7 Å². The number of rotatable bonds is 10. The second-order valence-corrected chi connectivity index (χ2v) is 5.05. The molecule has 0 saturated heterocycles. The van der Waals surface area contributed by atoms with Gasteiger partial charge >= 0.3 is 5.97 Å². The van der Waals surface area contributed by atoms with Gasteiger partial charge in [0.05, 0.1) is 18.8 Å². The van der Waals surface area contributed by atoms with Gasteiger partial charge in [-0.1, -0.05) is 0 Å². The second-order valence-electron chi connectivity index (χ2n) is 3.48. The molecule has 0 aromatic rings. The Kier molecular flexibility index (Phi) is 9.95. The quantitative estimate of drug-likeness (QED) is 0.429. The Balaban J connectivity index is 3.64. The summed E-state index contributed by atoms with van der Waals surface area (Å²) in [4.78, 5) is 22.3. The molecule has 6 heteroatoms. The van der Waals surface area contributed by atoms with Gasteiger partial charge < -0.3 is 9.47 Å². The first kappa shape index (κ1) is 16.2. The minimum absolute atomic E-state index is 0.0170. The summed E-state index contributed by atoms with van der Waals surface area (Å²) in [6, 6.07) is 0. The Morgan fingerprint density at radius 1 is 1.24 bits per heavy atom. The zero-order valence-electron chi connectivity index (χ0n) is 10.4. The molecule has 0 aliphatic rings. The monoisotopic (exact) mass is 264 g/mol. The van der Waals surface area contributed by atoms with Gasteiger partial charge in [-0.3, -0.25) is 13.8 Å². The van der Waals surface area contributed by atoms with E-state index in [1.54, 1.807) is 14.0 Å². The molecule has 0 bridgehead atoms. The van der Waals surface area contributed by atoms with E-state index in [2.05, 4.69) is 0 Å². The van der Waals surface area contributed by atoms with Gasteiger partial charge in [-0.05, 0) is 13.3 Å². The molecule has 0 fully saturated rings. The molecule has 100 valence electrons. The van der Waals surface area contributed by atoms with Crippen LogP contribution in [0.4, 0.5) is 0 Å². The number of carbonyl (C=O) groups is 2. The number of ketones is 1. The van der Waals surface area contributed by atoms with Crippen LogP contribution in [0, 0.1) is 0 Å². The standard InChI is InChI=1S/C11H20O5S/c1-3-16-11(13)6-5-10(12)9-17(14)8-4-7-15-2/h3-9H2,1-2H3. The molecule has 0 amide bonds. The average Bonchev–Trinajstić information content (AvgIpc) is 2.27. The normalized spacial score (nSPS) is 12.1. The van der Waals surface area contributed by atoms with E-state index in [0.29, 0.717) is 25.4 Å². The van der Waals surface area contributed by atoms with E-state index in [9.17, 15) is 13.8 Å². The Morgan fingerprint density at radius 2 is 1.94 bits per heavy atom. The number of methoxy groups -OCH3 is 1. The molecule has 1 unspecified atom stereocenters. The number of Topliss-reactive ketones (excluding diaryl/α,β-unsaturated/α-hetero) is 1. The van der Waals surface area contributed by atoms with Crippen molar-refractivity contribution in [1.29, 1.82) is 0 Å². The molecule has 0 N–H and O–H groups in total. The van der Waals surface area contributed by atoms with Gasteiger partial charge in [-0.25, -0.2) is 0 Å². The molecule has 0 heterocycles. The summed E-state index contributed by atoms with van der Waals surface area (Å²) >= 11 is 0. The first-order chi connectivity index (χ1) is 8.10. The van der Waals surface area contributed by atoms with Gasteiger partial charge in [0.25, 0.3) is 0 Å². The summed E-state index contributed by atoms with van der Waals surface area (Å²) in [5, 5.41) is 0. The first-order valence-corrected chi connectivity index (χ1v) is 7.10. The average molecular weight is 264 g/mol. The van der Waals surface area contributed by atoms with Crippen LogP contribution in [-0.2, 0) is 29.9 Å². The fraction of sp³-hybridized carbons (Fsp3) is 0.818. The van der Waals surface area contributed by atoms with Gasteiger partial charge in [0, 0.05) is 36.7 Å². The maximum absolute atomic E-state index is 11.4. The summed E-state index contributed by atoms with van der Waals surface area (Å²) in [6.45, 7) is 2.57. The lowest BCUT2D eigenvalue weighted by Gasteiger charge is -2.02. The van der Waals surface area contributed by atoms with Crippen molar-refractivity contribution in [1.82, 2.24) is 0 Å². The number of ether oxygens (including phenoxy) is 2. The van der Waals surface area contributed by atoms with Gasteiger partial charge in [0.2, 0.25) is 0 Å². The summed E-state index contributed by atoms with van der Waals surface area (Å²) in [7, 11) is 0.425. The third-order valence-electron chi connectivity index (χ3n) is 1.96. The van der Waals surface area contributed by atoms with Crippen molar-refractivity contribution < 1.29 is 23.3 Å². The maximum Gasteiger partial charge on any atom is 0.306 e.